The number of rotatable bonds is 10. The maximum atomic E-state index is 12.6. The van der Waals surface area contributed by atoms with Gasteiger partial charge in [0, 0.05) is 17.2 Å². The maximum absolute atomic E-state index is 12.6. The van der Waals surface area contributed by atoms with Crippen LogP contribution in [0.25, 0.3) is 6.08 Å². The Hall–Kier alpha value is -4.27. The fraction of sp³-hybridized carbons (Fsp3) is 0.192. The van der Waals surface area contributed by atoms with Crippen LogP contribution >= 0.6 is 0 Å². The van der Waals surface area contributed by atoms with Crippen LogP contribution in [0.1, 0.15) is 21.5 Å². The first kappa shape index (κ1) is 23.9. The van der Waals surface area contributed by atoms with E-state index in [4.69, 9.17) is 23.7 Å². The van der Waals surface area contributed by atoms with E-state index >= 15 is 0 Å². The molecular formula is C26H22F2O7. The molecule has 3 aromatic rings. The summed E-state index contributed by atoms with van der Waals surface area (Å²) in [6, 6.07) is 14.8. The molecule has 0 N–H and O–H groups in total. The molecule has 0 spiro atoms. The molecular weight excluding hydrogens is 462 g/mol. The van der Waals surface area contributed by atoms with E-state index in [1.54, 1.807) is 43.5 Å². The van der Waals surface area contributed by atoms with E-state index in [9.17, 15) is 13.6 Å². The number of fused-ring (bicyclic) bond motifs is 1. The molecule has 182 valence electrons. The molecule has 0 fully saturated rings. The van der Waals surface area contributed by atoms with Gasteiger partial charge in [-0.3, -0.25) is 4.79 Å². The van der Waals surface area contributed by atoms with Crippen LogP contribution in [0.2, 0.25) is 0 Å². The number of ketones is 1. The van der Waals surface area contributed by atoms with Gasteiger partial charge >= 0.3 is 6.61 Å². The lowest BCUT2D eigenvalue weighted by Gasteiger charge is -2.12. The molecule has 4 rings (SSSR count). The van der Waals surface area contributed by atoms with Crippen molar-refractivity contribution in [3.63, 3.8) is 0 Å². The van der Waals surface area contributed by atoms with Crippen LogP contribution in [0, 0.1) is 0 Å². The number of alkyl halides is 2. The molecule has 0 unspecified atom stereocenters. The van der Waals surface area contributed by atoms with Crippen molar-refractivity contribution in [2.24, 2.45) is 0 Å². The summed E-state index contributed by atoms with van der Waals surface area (Å²) in [6.07, 6.45) is 3.02. The Kier molecular flexibility index (Phi) is 7.35. The van der Waals surface area contributed by atoms with E-state index in [0.717, 1.165) is 11.1 Å². The van der Waals surface area contributed by atoms with Crippen molar-refractivity contribution < 1.29 is 42.0 Å². The van der Waals surface area contributed by atoms with Gasteiger partial charge in [-0.2, -0.15) is 8.78 Å². The highest BCUT2D eigenvalue weighted by Crippen LogP contribution is 2.35. The van der Waals surface area contributed by atoms with Gasteiger partial charge in [-0.1, -0.05) is 12.1 Å². The molecule has 1 aliphatic heterocycles. The van der Waals surface area contributed by atoms with Gasteiger partial charge in [0.05, 0.1) is 14.2 Å². The molecule has 0 atom stereocenters. The summed E-state index contributed by atoms with van der Waals surface area (Å²) in [5.74, 6) is 2.09. The maximum Gasteiger partial charge on any atom is 0.387 e. The average Bonchev–Trinajstić information content (AvgIpc) is 3.34. The number of methoxy groups -OCH3 is 2. The molecule has 9 heteroatoms. The normalized spacial score (nSPS) is 12.1. The van der Waals surface area contributed by atoms with Gasteiger partial charge in [0.2, 0.25) is 6.79 Å². The van der Waals surface area contributed by atoms with Crippen LogP contribution < -0.4 is 28.4 Å². The molecule has 0 bridgehead atoms. The third-order valence-electron chi connectivity index (χ3n) is 5.13. The summed E-state index contributed by atoms with van der Waals surface area (Å²) in [4.78, 5) is 12.6. The van der Waals surface area contributed by atoms with Crippen LogP contribution in [-0.2, 0) is 6.61 Å². The van der Waals surface area contributed by atoms with Crippen LogP contribution in [0.3, 0.4) is 0 Å². The van der Waals surface area contributed by atoms with E-state index in [-0.39, 0.29) is 36.2 Å². The number of carbonyl (C=O) groups excluding carboxylic acids is 1. The summed E-state index contributed by atoms with van der Waals surface area (Å²) in [7, 11) is 2.87. The minimum absolute atomic E-state index is 0.0388. The first-order chi connectivity index (χ1) is 17.0. The number of benzene rings is 3. The van der Waals surface area contributed by atoms with Crippen molar-refractivity contribution in [3.05, 3.63) is 77.4 Å². The van der Waals surface area contributed by atoms with E-state index in [0.29, 0.717) is 23.0 Å². The smallest absolute Gasteiger partial charge is 0.387 e. The second-order valence-electron chi connectivity index (χ2n) is 7.32. The minimum atomic E-state index is -3.00. The summed E-state index contributed by atoms with van der Waals surface area (Å²) in [5.41, 5.74) is 1.78. The van der Waals surface area contributed by atoms with Gasteiger partial charge in [0.25, 0.3) is 0 Å². The molecule has 0 aromatic heterocycles. The third-order valence-corrected chi connectivity index (χ3v) is 5.13. The Morgan fingerprint density at radius 2 is 1.71 bits per heavy atom. The van der Waals surface area contributed by atoms with Crippen molar-refractivity contribution in [2.45, 2.75) is 13.2 Å². The van der Waals surface area contributed by atoms with Crippen molar-refractivity contribution in [1.82, 2.24) is 0 Å². The SMILES string of the molecule is COc1ccc(/C=C/C(=O)c2ccc(OC(F)F)c(OC)c2)cc1COc1ccc2c(c1)OCO2. The predicted molar refractivity (Wildman–Crippen MR) is 123 cm³/mol. The fourth-order valence-corrected chi connectivity index (χ4v) is 3.43. The zero-order valence-electron chi connectivity index (χ0n) is 19.0. The van der Waals surface area contributed by atoms with Gasteiger partial charge in [-0.05, 0) is 54.1 Å². The second kappa shape index (κ2) is 10.8. The van der Waals surface area contributed by atoms with E-state index in [1.165, 1.54) is 31.4 Å². The fourth-order valence-electron chi connectivity index (χ4n) is 3.43. The molecule has 3 aromatic carbocycles. The van der Waals surface area contributed by atoms with Crippen molar-refractivity contribution in [1.29, 1.82) is 0 Å². The zero-order chi connectivity index (χ0) is 24.8. The van der Waals surface area contributed by atoms with E-state index in [1.807, 2.05) is 6.07 Å². The molecule has 0 amide bonds. The molecule has 0 aliphatic carbocycles. The average molecular weight is 484 g/mol. The number of ether oxygens (including phenoxy) is 6. The molecule has 1 aliphatic rings. The summed E-state index contributed by atoms with van der Waals surface area (Å²) in [5, 5.41) is 0. The highest BCUT2D eigenvalue weighted by atomic mass is 19.3. The molecule has 0 saturated heterocycles. The number of allylic oxidation sites excluding steroid dienone is 1. The number of hydrogen-bond donors (Lipinski definition) is 0. The summed E-state index contributed by atoms with van der Waals surface area (Å²) >= 11 is 0. The van der Waals surface area contributed by atoms with E-state index in [2.05, 4.69) is 4.74 Å². The van der Waals surface area contributed by atoms with Crippen molar-refractivity contribution >= 4 is 11.9 Å². The number of hydrogen-bond acceptors (Lipinski definition) is 7. The summed E-state index contributed by atoms with van der Waals surface area (Å²) in [6.45, 7) is -2.59. The number of halogens is 2. The Morgan fingerprint density at radius 3 is 2.49 bits per heavy atom. The molecule has 0 radical (unpaired) electrons. The highest BCUT2D eigenvalue weighted by Gasteiger charge is 2.15. The lowest BCUT2D eigenvalue weighted by atomic mass is 10.1. The van der Waals surface area contributed by atoms with Crippen molar-refractivity contribution in [2.75, 3.05) is 21.0 Å². The second-order valence-corrected chi connectivity index (χ2v) is 7.32. The van der Waals surface area contributed by atoms with Gasteiger partial charge in [-0.25, -0.2) is 0 Å². The highest BCUT2D eigenvalue weighted by molar-refractivity contribution is 6.07. The van der Waals surface area contributed by atoms with Crippen LogP contribution in [0.5, 0.6) is 34.5 Å². The Bertz CT molecular complexity index is 1240. The lowest BCUT2D eigenvalue weighted by Crippen LogP contribution is -2.04. The van der Waals surface area contributed by atoms with Gasteiger partial charge in [0.1, 0.15) is 18.1 Å². The Morgan fingerprint density at radius 1 is 0.943 bits per heavy atom. The van der Waals surface area contributed by atoms with Crippen molar-refractivity contribution in [3.8, 4) is 34.5 Å². The van der Waals surface area contributed by atoms with Gasteiger partial charge in [0.15, 0.2) is 28.8 Å². The van der Waals surface area contributed by atoms with Crippen LogP contribution in [0.4, 0.5) is 8.78 Å². The molecule has 35 heavy (non-hydrogen) atoms. The molecule has 1 heterocycles. The first-order valence-electron chi connectivity index (χ1n) is 10.5. The Labute approximate surface area is 200 Å². The van der Waals surface area contributed by atoms with E-state index < -0.39 is 6.61 Å². The summed E-state index contributed by atoms with van der Waals surface area (Å²) < 4.78 is 56.4. The number of carbonyl (C=O) groups is 1. The largest absolute Gasteiger partial charge is 0.496 e. The first-order valence-corrected chi connectivity index (χ1v) is 10.5. The molecule has 7 nitrogen and oxygen atoms in total. The predicted octanol–water partition coefficient (Wildman–Crippen LogP) is 5.51. The quantitative estimate of drug-likeness (QED) is 0.278. The Balaban J connectivity index is 1.47. The zero-order valence-corrected chi connectivity index (χ0v) is 19.0. The van der Waals surface area contributed by atoms with Gasteiger partial charge < -0.3 is 28.4 Å². The third kappa shape index (κ3) is 5.81. The standard InChI is InChI=1S/C26H22F2O7/c1-30-21-8-4-16(11-18(21)14-32-19-6-10-22-25(13-19)34-15-33-22)3-7-20(29)17-5-9-23(35-26(27)28)24(12-17)31-2/h3-13,26H,14-15H2,1-2H3/b7-3+. The van der Waals surface area contributed by atoms with Crippen LogP contribution in [-0.4, -0.2) is 33.4 Å². The van der Waals surface area contributed by atoms with Crippen LogP contribution in [0.15, 0.2) is 60.7 Å². The topological polar surface area (TPSA) is 72.5 Å². The lowest BCUT2D eigenvalue weighted by molar-refractivity contribution is -0.0512. The van der Waals surface area contributed by atoms with Gasteiger partial charge in [-0.15, -0.1) is 0 Å². The monoisotopic (exact) mass is 484 g/mol. The molecule has 0 saturated carbocycles. The minimum Gasteiger partial charge on any atom is -0.496 e.